The van der Waals surface area contributed by atoms with Crippen molar-refractivity contribution in [1.82, 2.24) is 24.5 Å². The molecule has 0 aromatic carbocycles. The van der Waals surface area contributed by atoms with Crippen LogP contribution in [0, 0.1) is 0 Å². The first-order valence-corrected chi connectivity index (χ1v) is 6.67. The van der Waals surface area contributed by atoms with E-state index >= 15 is 0 Å². The van der Waals surface area contributed by atoms with Gasteiger partial charge in [0.25, 0.3) is 11.4 Å². The van der Waals surface area contributed by atoms with Crippen molar-refractivity contribution in [3.05, 3.63) is 52.5 Å². The standard InChI is InChI=1S/C13H8F5N5O2/c14-10(15)12-21-20-11(25-12)8-1-2-22(9(24)3-8)5-7-4-19-23(6-7)13(16,17)18/h1-4,6,10H,5H2. The number of hydrogen-bond acceptors (Lipinski definition) is 5. The van der Waals surface area contributed by atoms with E-state index in [4.69, 9.17) is 4.42 Å². The maximum atomic E-state index is 12.5. The van der Waals surface area contributed by atoms with Crippen molar-refractivity contribution in [1.29, 1.82) is 0 Å². The molecule has 7 nitrogen and oxygen atoms in total. The number of rotatable bonds is 4. The van der Waals surface area contributed by atoms with Crippen LogP contribution in [-0.4, -0.2) is 24.5 Å². The van der Waals surface area contributed by atoms with Gasteiger partial charge in [0.1, 0.15) is 0 Å². The molecular weight excluding hydrogens is 353 g/mol. The summed E-state index contributed by atoms with van der Waals surface area (Å²) in [4.78, 5) is 12.0. The summed E-state index contributed by atoms with van der Waals surface area (Å²) in [5.74, 6) is -1.14. The first kappa shape index (κ1) is 16.8. The van der Waals surface area contributed by atoms with E-state index in [9.17, 15) is 26.7 Å². The molecule has 0 amide bonds. The monoisotopic (exact) mass is 361 g/mol. The van der Waals surface area contributed by atoms with Gasteiger partial charge in [-0.05, 0) is 6.07 Å². The first-order chi connectivity index (χ1) is 11.7. The molecule has 0 aliphatic heterocycles. The van der Waals surface area contributed by atoms with E-state index in [1.165, 1.54) is 12.3 Å². The maximum Gasteiger partial charge on any atom is 0.504 e. The van der Waals surface area contributed by atoms with Gasteiger partial charge in [0.15, 0.2) is 0 Å². The number of pyridine rings is 1. The van der Waals surface area contributed by atoms with Crippen LogP contribution in [0.3, 0.4) is 0 Å². The van der Waals surface area contributed by atoms with Crippen LogP contribution in [0.1, 0.15) is 17.9 Å². The molecule has 0 aliphatic carbocycles. The second-order valence-corrected chi connectivity index (χ2v) is 4.89. The largest absolute Gasteiger partial charge is 0.504 e. The topological polar surface area (TPSA) is 78.7 Å². The quantitative estimate of drug-likeness (QED) is 0.668. The summed E-state index contributed by atoms with van der Waals surface area (Å²) in [5.41, 5.74) is -0.314. The fourth-order valence-electron chi connectivity index (χ4n) is 1.99. The molecule has 0 spiro atoms. The number of nitrogens with zero attached hydrogens (tertiary/aromatic N) is 5. The average Bonchev–Trinajstić information content (AvgIpc) is 3.18. The molecule has 3 aromatic heterocycles. The molecule has 3 rings (SSSR count). The van der Waals surface area contributed by atoms with Crippen LogP contribution < -0.4 is 5.56 Å². The van der Waals surface area contributed by atoms with E-state index < -0.39 is 24.2 Å². The van der Waals surface area contributed by atoms with Crippen molar-refractivity contribution >= 4 is 0 Å². The van der Waals surface area contributed by atoms with E-state index in [1.807, 2.05) is 0 Å². The van der Waals surface area contributed by atoms with Gasteiger partial charge in [-0.3, -0.25) is 4.79 Å². The predicted octanol–water partition coefficient (Wildman–Crippen LogP) is 2.56. The molecule has 25 heavy (non-hydrogen) atoms. The minimum absolute atomic E-state index is 0.117. The third-order valence-electron chi connectivity index (χ3n) is 3.12. The zero-order chi connectivity index (χ0) is 18.2. The lowest BCUT2D eigenvalue weighted by Crippen LogP contribution is -2.19. The van der Waals surface area contributed by atoms with Gasteiger partial charge in [-0.2, -0.15) is 18.6 Å². The molecule has 0 N–H and O–H groups in total. The van der Waals surface area contributed by atoms with Crippen molar-refractivity contribution in [3.63, 3.8) is 0 Å². The molecule has 3 aromatic rings. The zero-order valence-corrected chi connectivity index (χ0v) is 12.1. The lowest BCUT2D eigenvalue weighted by molar-refractivity contribution is -0.212. The van der Waals surface area contributed by atoms with Gasteiger partial charge in [0, 0.05) is 29.6 Å². The van der Waals surface area contributed by atoms with Crippen molar-refractivity contribution in [2.24, 2.45) is 0 Å². The molecular formula is C13H8F5N5O2. The zero-order valence-electron chi connectivity index (χ0n) is 12.1. The summed E-state index contributed by atoms with van der Waals surface area (Å²) in [5, 5.41) is 9.72. The Morgan fingerprint density at radius 1 is 1.24 bits per heavy atom. The van der Waals surface area contributed by atoms with Crippen LogP contribution in [-0.2, 0) is 12.8 Å². The molecule has 0 fully saturated rings. The third kappa shape index (κ3) is 3.56. The van der Waals surface area contributed by atoms with E-state index in [0.29, 0.717) is 0 Å². The molecule has 3 heterocycles. The highest BCUT2D eigenvalue weighted by Crippen LogP contribution is 2.23. The smallest absolute Gasteiger partial charge is 0.415 e. The van der Waals surface area contributed by atoms with E-state index in [0.717, 1.165) is 23.0 Å². The summed E-state index contributed by atoms with van der Waals surface area (Å²) in [6, 6.07) is 2.40. The van der Waals surface area contributed by atoms with Crippen molar-refractivity contribution in [3.8, 4) is 11.5 Å². The van der Waals surface area contributed by atoms with Crippen molar-refractivity contribution < 1.29 is 26.4 Å². The molecule has 0 unspecified atom stereocenters. The van der Waals surface area contributed by atoms with Gasteiger partial charge in [-0.25, -0.2) is 0 Å². The van der Waals surface area contributed by atoms with Gasteiger partial charge in [-0.1, -0.05) is 0 Å². The molecule has 0 aliphatic rings. The molecule has 12 heteroatoms. The second kappa shape index (κ2) is 6.11. The minimum Gasteiger partial charge on any atom is -0.415 e. The van der Waals surface area contributed by atoms with Crippen LogP contribution in [0.4, 0.5) is 22.0 Å². The fraction of sp³-hybridized carbons (Fsp3) is 0.231. The van der Waals surface area contributed by atoms with Crippen molar-refractivity contribution in [2.75, 3.05) is 0 Å². The maximum absolute atomic E-state index is 12.5. The Labute approximate surface area is 135 Å². The molecule has 132 valence electrons. The minimum atomic E-state index is -4.65. The lowest BCUT2D eigenvalue weighted by Gasteiger charge is -2.05. The Morgan fingerprint density at radius 2 is 2.00 bits per heavy atom. The normalized spacial score (nSPS) is 12.1. The summed E-state index contributed by atoms with van der Waals surface area (Å²) in [6.07, 6.45) is -4.57. The van der Waals surface area contributed by atoms with Crippen molar-refractivity contribution in [2.45, 2.75) is 19.3 Å². The van der Waals surface area contributed by atoms with Gasteiger partial charge in [0.05, 0.1) is 12.7 Å². The number of halogens is 5. The summed E-state index contributed by atoms with van der Waals surface area (Å²) in [7, 11) is 0. The number of hydrogen-bond donors (Lipinski definition) is 0. The average molecular weight is 361 g/mol. The van der Waals surface area contributed by atoms with Crippen LogP contribution in [0.15, 0.2) is 39.9 Å². The van der Waals surface area contributed by atoms with Gasteiger partial charge < -0.3 is 8.98 Å². The van der Waals surface area contributed by atoms with Gasteiger partial charge in [-0.15, -0.1) is 23.4 Å². The summed E-state index contributed by atoms with van der Waals surface area (Å²) < 4.78 is 67.9. The van der Waals surface area contributed by atoms with Crippen LogP contribution >= 0.6 is 0 Å². The fourth-order valence-corrected chi connectivity index (χ4v) is 1.99. The van der Waals surface area contributed by atoms with Crippen LogP contribution in [0.5, 0.6) is 0 Å². The highest BCUT2D eigenvalue weighted by Gasteiger charge is 2.31. The Morgan fingerprint density at radius 3 is 2.56 bits per heavy atom. The second-order valence-electron chi connectivity index (χ2n) is 4.89. The molecule has 0 saturated carbocycles. The Bertz CT molecular complexity index is 943. The van der Waals surface area contributed by atoms with Gasteiger partial charge in [0.2, 0.25) is 5.89 Å². The molecule has 0 atom stereocenters. The summed E-state index contributed by atoms with van der Waals surface area (Å²) in [6.45, 7) is -0.151. The SMILES string of the molecule is O=c1cc(-c2nnc(C(F)F)o2)ccn1Cc1cnn(C(F)(F)F)c1. The first-order valence-electron chi connectivity index (χ1n) is 6.67. The number of alkyl halides is 5. The summed E-state index contributed by atoms with van der Waals surface area (Å²) >= 11 is 0. The van der Waals surface area contributed by atoms with E-state index in [1.54, 1.807) is 0 Å². The Hall–Kier alpha value is -3.05. The Balaban J connectivity index is 1.82. The molecule has 0 saturated heterocycles. The highest BCUT2D eigenvalue weighted by atomic mass is 19.4. The van der Waals surface area contributed by atoms with Crippen LogP contribution in [0.2, 0.25) is 0 Å². The van der Waals surface area contributed by atoms with E-state index in [-0.39, 0.29) is 28.2 Å². The molecule has 0 bridgehead atoms. The predicted molar refractivity (Wildman–Crippen MR) is 71.6 cm³/mol. The molecule has 0 radical (unpaired) electrons. The van der Waals surface area contributed by atoms with E-state index in [2.05, 4.69) is 15.3 Å². The Kier molecular flexibility index (Phi) is 4.10. The third-order valence-corrected chi connectivity index (χ3v) is 3.12. The number of aromatic nitrogens is 5. The lowest BCUT2D eigenvalue weighted by atomic mass is 10.2. The van der Waals surface area contributed by atoms with Gasteiger partial charge >= 0.3 is 12.7 Å². The van der Waals surface area contributed by atoms with Crippen LogP contribution in [0.25, 0.3) is 11.5 Å². The highest BCUT2D eigenvalue weighted by molar-refractivity contribution is 5.51.